The van der Waals surface area contributed by atoms with E-state index < -0.39 is 0 Å². The van der Waals surface area contributed by atoms with Gasteiger partial charge in [0, 0.05) is 20.5 Å². The molecule has 0 bridgehead atoms. The molecule has 0 saturated heterocycles. The van der Waals surface area contributed by atoms with E-state index in [-0.39, 0.29) is 5.82 Å². The second kappa shape index (κ2) is 5.70. The molecule has 0 fully saturated rings. The number of thiazole rings is 1. The van der Waals surface area contributed by atoms with E-state index in [2.05, 4.69) is 22.9 Å². The second-order valence-corrected chi connectivity index (χ2v) is 6.92. The quantitative estimate of drug-likeness (QED) is 0.545. The van der Waals surface area contributed by atoms with E-state index in [0.29, 0.717) is 0 Å². The second-order valence-electron chi connectivity index (χ2n) is 4.86. The summed E-state index contributed by atoms with van der Waals surface area (Å²) in [5, 5.41) is 0.927. The summed E-state index contributed by atoms with van der Waals surface area (Å²) in [7, 11) is 0. The lowest BCUT2D eigenvalue weighted by Gasteiger charge is -2.02. The monoisotopic (exact) mass is 361 g/mol. The van der Waals surface area contributed by atoms with Gasteiger partial charge in [-0.15, -0.1) is 11.3 Å². The molecule has 1 heterocycles. The average Bonchev–Trinajstić information content (AvgIpc) is 2.81. The van der Waals surface area contributed by atoms with Gasteiger partial charge in [-0.25, -0.2) is 9.37 Å². The highest BCUT2D eigenvalue weighted by Crippen LogP contribution is 2.37. The molecule has 2 aromatic carbocycles. The van der Waals surface area contributed by atoms with Crippen molar-refractivity contribution in [1.82, 2.24) is 4.98 Å². The van der Waals surface area contributed by atoms with Gasteiger partial charge in [-0.05, 0) is 43.7 Å². The van der Waals surface area contributed by atoms with Crippen molar-refractivity contribution in [3.8, 4) is 21.8 Å². The van der Waals surface area contributed by atoms with Crippen LogP contribution in [0.5, 0.6) is 0 Å². The highest BCUT2D eigenvalue weighted by Gasteiger charge is 2.14. The Morgan fingerprint density at radius 2 is 1.81 bits per heavy atom. The summed E-state index contributed by atoms with van der Waals surface area (Å²) in [5.74, 6) is -0.212. The van der Waals surface area contributed by atoms with Crippen molar-refractivity contribution in [3.63, 3.8) is 0 Å². The van der Waals surface area contributed by atoms with Gasteiger partial charge in [-0.2, -0.15) is 0 Å². The molecule has 3 rings (SSSR count). The fourth-order valence-electron chi connectivity index (χ4n) is 2.28. The molecule has 0 spiro atoms. The summed E-state index contributed by atoms with van der Waals surface area (Å²) in [6, 6.07) is 12.9. The Morgan fingerprint density at radius 3 is 2.52 bits per heavy atom. The van der Waals surface area contributed by atoms with Crippen molar-refractivity contribution in [3.05, 3.63) is 63.2 Å². The van der Waals surface area contributed by atoms with Crippen molar-refractivity contribution >= 4 is 27.3 Å². The molecule has 3 aromatic rings. The number of hydrogen-bond donors (Lipinski definition) is 0. The fourth-order valence-corrected chi connectivity index (χ4v) is 3.77. The summed E-state index contributed by atoms with van der Waals surface area (Å²) >= 11 is 5.21. The molecule has 21 heavy (non-hydrogen) atoms. The standard InChI is InChI=1S/C17H13BrFNS/c1-10-9-12(19)7-8-13(10)17-20-16(11(2)21-17)14-5-3-4-6-15(14)18/h3-9H,1-2H3. The minimum atomic E-state index is -0.212. The van der Waals surface area contributed by atoms with Crippen LogP contribution in [-0.4, -0.2) is 4.98 Å². The molecular weight excluding hydrogens is 349 g/mol. The van der Waals surface area contributed by atoms with Gasteiger partial charge in [-0.1, -0.05) is 34.1 Å². The first-order chi connectivity index (χ1) is 10.1. The summed E-state index contributed by atoms with van der Waals surface area (Å²) in [6.45, 7) is 3.97. The largest absolute Gasteiger partial charge is 0.236 e. The molecule has 0 radical (unpaired) electrons. The molecule has 4 heteroatoms. The van der Waals surface area contributed by atoms with E-state index in [0.717, 1.165) is 36.7 Å². The summed E-state index contributed by atoms with van der Waals surface area (Å²) in [4.78, 5) is 5.92. The molecule has 0 aliphatic carbocycles. The van der Waals surface area contributed by atoms with Crippen LogP contribution in [0.1, 0.15) is 10.4 Å². The summed E-state index contributed by atoms with van der Waals surface area (Å²) < 4.78 is 14.3. The topological polar surface area (TPSA) is 12.9 Å². The molecule has 1 nitrogen and oxygen atoms in total. The highest BCUT2D eigenvalue weighted by atomic mass is 79.9. The van der Waals surface area contributed by atoms with Crippen molar-refractivity contribution in [2.75, 3.05) is 0 Å². The van der Waals surface area contributed by atoms with Crippen LogP contribution in [0, 0.1) is 19.7 Å². The van der Waals surface area contributed by atoms with Gasteiger partial charge in [0.25, 0.3) is 0 Å². The Labute approximate surface area is 135 Å². The van der Waals surface area contributed by atoms with Crippen LogP contribution >= 0.6 is 27.3 Å². The SMILES string of the molecule is Cc1cc(F)ccc1-c1nc(-c2ccccc2Br)c(C)s1. The number of aryl methyl sites for hydroxylation is 2. The molecular formula is C17H13BrFNS. The molecule has 0 N–H and O–H groups in total. The average molecular weight is 362 g/mol. The van der Waals surface area contributed by atoms with Crippen LogP contribution in [0.2, 0.25) is 0 Å². The maximum Gasteiger partial charge on any atom is 0.124 e. The van der Waals surface area contributed by atoms with Crippen LogP contribution < -0.4 is 0 Å². The molecule has 0 unspecified atom stereocenters. The molecule has 0 aliphatic rings. The van der Waals surface area contributed by atoms with E-state index in [4.69, 9.17) is 4.98 Å². The van der Waals surface area contributed by atoms with Crippen LogP contribution in [0.25, 0.3) is 21.8 Å². The van der Waals surface area contributed by atoms with E-state index in [1.54, 1.807) is 23.5 Å². The van der Waals surface area contributed by atoms with Gasteiger partial charge in [0.2, 0.25) is 0 Å². The molecule has 0 amide bonds. The third-order valence-electron chi connectivity index (χ3n) is 3.34. The lowest BCUT2D eigenvalue weighted by molar-refractivity contribution is 0.627. The van der Waals surface area contributed by atoms with Gasteiger partial charge < -0.3 is 0 Å². The van der Waals surface area contributed by atoms with E-state index in [1.807, 2.05) is 31.2 Å². The zero-order valence-electron chi connectivity index (χ0n) is 11.7. The van der Waals surface area contributed by atoms with Crippen molar-refractivity contribution in [2.24, 2.45) is 0 Å². The van der Waals surface area contributed by atoms with E-state index in [1.165, 1.54) is 6.07 Å². The number of aromatic nitrogens is 1. The number of benzene rings is 2. The summed E-state index contributed by atoms with van der Waals surface area (Å²) in [6.07, 6.45) is 0. The number of halogens is 2. The molecule has 0 atom stereocenters. The Morgan fingerprint density at radius 1 is 1.05 bits per heavy atom. The Bertz CT molecular complexity index is 810. The minimum absolute atomic E-state index is 0.212. The van der Waals surface area contributed by atoms with Crippen LogP contribution in [0.4, 0.5) is 4.39 Å². The number of rotatable bonds is 2. The van der Waals surface area contributed by atoms with Crippen LogP contribution in [-0.2, 0) is 0 Å². The predicted molar refractivity (Wildman–Crippen MR) is 90.1 cm³/mol. The first-order valence-corrected chi connectivity index (χ1v) is 8.16. The van der Waals surface area contributed by atoms with Gasteiger partial charge in [0.05, 0.1) is 5.69 Å². The number of nitrogens with zero attached hydrogens (tertiary/aromatic N) is 1. The van der Waals surface area contributed by atoms with Gasteiger partial charge in [0.15, 0.2) is 0 Å². The fraction of sp³-hybridized carbons (Fsp3) is 0.118. The molecule has 0 saturated carbocycles. The van der Waals surface area contributed by atoms with Crippen molar-refractivity contribution in [2.45, 2.75) is 13.8 Å². The predicted octanol–water partition coefficient (Wildman–Crippen LogP) is 6.00. The Balaban J connectivity index is 2.12. The number of hydrogen-bond acceptors (Lipinski definition) is 2. The van der Waals surface area contributed by atoms with Gasteiger partial charge in [-0.3, -0.25) is 0 Å². The summed E-state index contributed by atoms with van der Waals surface area (Å²) in [5.41, 5.74) is 3.95. The first-order valence-electron chi connectivity index (χ1n) is 6.55. The van der Waals surface area contributed by atoms with Gasteiger partial charge >= 0.3 is 0 Å². The van der Waals surface area contributed by atoms with E-state index in [9.17, 15) is 4.39 Å². The lowest BCUT2D eigenvalue weighted by atomic mass is 10.1. The Hall–Kier alpha value is -1.52. The first kappa shape index (κ1) is 14.4. The third kappa shape index (κ3) is 2.78. The zero-order chi connectivity index (χ0) is 15.0. The molecule has 106 valence electrons. The maximum atomic E-state index is 13.2. The van der Waals surface area contributed by atoms with Crippen molar-refractivity contribution < 1.29 is 4.39 Å². The van der Waals surface area contributed by atoms with Crippen LogP contribution in [0.15, 0.2) is 46.9 Å². The third-order valence-corrected chi connectivity index (χ3v) is 5.04. The highest BCUT2D eigenvalue weighted by molar-refractivity contribution is 9.10. The van der Waals surface area contributed by atoms with Gasteiger partial charge in [0.1, 0.15) is 10.8 Å². The Kier molecular flexibility index (Phi) is 3.91. The zero-order valence-corrected chi connectivity index (χ0v) is 14.1. The normalized spacial score (nSPS) is 10.9. The van der Waals surface area contributed by atoms with Crippen LogP contribution in [0.3, 0.4) is 0 Å². The smallest absolute Gasteiger partial charge is 0.124 e. The molecule has 0 aliphatic heterocycles. The van der Waals surface area contributed by atoms with Crippen molar-refractivity contribution in [1.29, 1.82) is 0 Å². The van der Waals surface area contributed by atoms with E-state index >= 15 is 0 Å². The lowest BCUT2D eigenvalue weighted by Crippen LogP contribution is -1.86. The maximum absolute atomic E-state index is 13.2. The minimum Gasteiger partial charge on any atom is -0.236 e. The molecule has 1 aromatic heterocycles.